The summed E-state index contributed by atoms with van der Waals surface area (Å²) in [5.74, 6) is -0.238. The molecule has 0 aliphatic carbocycles. The summed E-state index contributed by atoms with van der Waals surface area (Å²) >= 11 is 0. The minimum absolute atomic E-state index is 0.237. The van der Waals surface area contributed by atoms with E-state index in [2.05, 4.69) is 0 Å². The lowest BCUT2D eigenvalue weighted by molar-refractivity contribution is 0.0190. The first-order valence-electron chi connectivity index (χ1n) is 8.46. The number of likely N-dealkylation sites (tertiary alicyclic amines) is 1. The Kier molecular flexibility index (Phi) is 4.18. The largest absolute Gasteiger partial charge is 0.465 e. The molecule has 0 spiro atoms. The maximum atomic E-state index is 12.4. The van der Waals surface area contributed by atoms with Crippen molar-refractivity contribution in [3.8, 4) is 6.07 Å². The fourth-order valence-electron chi connectivity index (χ4n) is 3.77. The van der Waals surface area contributed by atoms with Crippen LogP contribution in [-0.4, -0.2) is 46.9 Å². The number of nitrogens with zero attached hydrogens (tertiary/aromatic N) is 3. The Morgan fingerprint density at radius 3 is 2.65 bits per heavy atom. The van der Waals surface area contributed by atoms with Gasteiger partial charge in [0, 0.05) is 24.7 Å². The van der Waals surface area contributed by atoms with E-state index in [0.717, 1.165) is 0 Å². The summed E-state index contributed by atoms with van der Waals surface area (Å²) in [5, 5.41) is 19.1. The van der Waals surface area contributed by atoms with E-state index >= 15 is 0 Å². The van der Waals surface area contributed by atoms with Crippen LogP contribution in [0.25, 0.3) is 0 Å². The van der Waals surface area contributed by atoms with E-state index in [4.69, 9.17) is 10.5 Å². The molecule has 138 valence electrons. The molecule has 2 aliphatic heterocycles. The number of amides is 2. The fraction of sp³-hybridized carbons (Fsp3) is 0.500. The van der Waals surface area contributed by atoms with Gasteiger partial charge in [-0.1, -0.05) is 0 Å². The first-order chi connectivity index (χ1) is 12.1. The maximum absolute atomic E-state index is 12.4. The number of nitriles is 1. The van der Waals surface area contributed by atoms with Crippen molar-refractivity contribution in [1.82, 2.24) is 4.90 Å². The number of hydrogen-bond acceptors (Lipinski definition) is 5. The van der Waals surface area contributed by atoms with E-state index in [1.54, 1.807) is 31.7 Å². The van der Waals surface area contributed by atoms with E-state index in [1.807, 2.05) is 6.07 Å². The summed E-state index contributed by atoms with van der Waals surface area (Å²) in [6.45, 7) is 6.12. The summed E-state index contributed by atoms with van der Waals surface area (Å²) < 4.78 is 5.44. The quantitative estimate of drug-likeness (QED) is 0.688. The molecule has 26 heavy (non-hydrogen) atoms. The van der Waals surface area contributed by atoms with Crippen molar-refractivity contribution in [3.63, 3.8) is 0 Å². The van der Waals surface area contributed by atoms with Crippen LogP contribution in [0.2, 0.25) is 0 Å². The van der Waals surface area contributed by atoms with Crippen LogP contribution in [0.1, 0.15) is 44.2 Å². The molecule has 0 radical (unpaired) electrons. The zero-order chi connectivity index (χ0) is 19.2. The molecule has 8 nitrogen and oxygen atoms in total. The second kappa shape index (κ2) is 6.09. The average Bonchev–Trinajstić information content (AvgIpc) is 2.86. The number of benzene rings is 1. The van der Waals surface area contributed by atoms with Gasteiger partial charge in [0.25, 0.3) is 0 Å². The smallest absolute Gasteiger partial charge is 0.412 e. The summed E-state index contributed by atoms with van der Waals surface area (Å²) in [5.41, 5.74) is 7.02. The third-order valence-electron chi connectivity index (χ3n) is 4.69. The number of ether oxygens (including phenoxy) is 1. The Bertz CT molecular complexity index is 809. The van der Waals surface area contributed by atoms with Crippen LogP contribution < -0.4 is 10.6 Å². The van der Waals surface area contributed by atoms with E-state index in [1.165, 1.54) is 11.0 Å². The number of rotatable bonds is 0. The molecule has 3 N–H and O–H groups in total. The van der Waals surface area contributed by atoms with Crippen molar-refractivity contribution >= 4 is 23.6 Å². The van der Waals surface area contributed by atoms with Crippen LogP contribution in [0, 0.1) is 11.3 Å². The molecule has 2 heterocycles. The third-order valence-corrected chi connectivity index (χ3v) is 4.69. The molecule has 0 aromatic heterocycles. The Morgan fingerprint density at radius 2 is 2.08 bits per heavy atom. The molecule has 1 aromatic carbocycles. The molecule has 1 fully saturated rings. The van der Waals surface area contributed by atoms with Gasteiger partial charge in [0.15, 0.2) is 0 Å². The van der Waals surface area contributed by atoms with Crippen LogP contribution in [0.3, 0.4) is 0 Å². The topological polar surface area (TPSA) is 120 Å². The zero-order valence-electron chi connectivity index (χ0n) is 15.0. The summed E-state index contributed by atoms with van der Waals surface area (Å²) in [7, 11) is 0. The third kappa shape index (κ3) is 3.01. The van der Waals surface area contributed by atoms with Gasteiger partial charge >= 0.3 is 12.2 Å². The summed E-state index contributed by atoms with van der Waals surface area (Å²) in [6.07, 6.45) is -1.06. The van der Waals surface area contributed by atoms with Crippen LogP contribution >= 0.6 is 0 Å². The Hall–Kier alpha value is -2.95. The fourth-order valence-corrected chi connectivity index (χ4v) is 3.77. The highest BCUT2D eigenvalue weighted by Crippen LogP contribution is 2.47. The lowest BCUT2D eigenvalue weighted by atomic mass is 9.88. The number of fused-ring (bicyclic) bond motifs is 3. The van der Waals surface area contributed by atoms with Crippen LogP contribution in [0.4, 0.5) is 21.0 Å². The molecular formula is C18H22N4O4. The van der Waals surface area contributed by atoms with Gasteiger partial charge in [-0.2, -0.15) is 5.26 Å². The molecule has 1 saturated heterocycles. The van der Waals surface area contributed by atoms with Crippen molar-refractivity contribution < 1.29 is 19.4 Å². The summed E-state index contributed by atoms with van der Waals surface area (Å²) in [4.78, 5) is 27.1. The number of nitrogen functional groups attached to an aromatic ring is 1. The molecule has 2 amide bonds. The highest BCUT2D eigenvalue weighted by Gasteiger charge is 2.47. The first kappa shape index (κ1) is 17.9. The molecule has 0 saturated carbocycles. The van der Waals surface area contributed by atoms with E-state index in [9.17, 15) is 20.0 Å². The van der Waals surface area contributed by atoms with Crippen molar-refractivity contribution in [2.24, 2.45) is 0 Å². The van der Waals surface area contributed by atoms with E-state index < -0.39 is 17.8 Å². The van der Waals surface area contributed by atoms with Gasteiger partial charge < -0.3 is 20.5 Å². The van der Waals surface area contributed by atoms with E-state index in [-0.39, 0.29) is 17.5 Å². The van der Waals surface area contributed by atoms with Gasteiger partial charge in [0.05, 0.1) is 17.3 Å². The predicted molar refractivity (Wildman–Crippen MR) is 95.0 cm³/mol. The van der Waals surface area contributed by atoms with Crippen LogP contribution in [0.15, 0.2) is 12.1 Å². The van der Waals surface area contributed by atoms with E-state index in [0.29, 0.717) is 36.4 Å². The zero-order valence-corrected chi connectivity index (χ0v) is 15.0. The Morgan fingerprint density at radius 1 is 1.38 bits per heavy atom. The SMILES string of the molecule is CC(C)(C)OC(=O)N1CCC2C(C1)c1cc(N)cc(C#N)c1N2C(=O)O. The normalized spacial score (nSPS) is 21.6. The standard InChI is InChI=1S/C18H22N4O4/c1-18(2,3)26-17(25)21-5-4-14-13(9-21)12-7-11(20)6-10(8-19)15(12)22(14)16(23)24/h6-7,13-14H,4-5,9,20H2,1-3H3,(H,23,24). The number of nitrogens with two attached hydrogens (primary N) is 1. The van der Waals surface area contributed by atoms with Gasteiger partial charge in [-0.25, -0.2) is 9.59 Å². The maximum Gasteiger partial charge on any atom is 0.412 e. The molecule has 3 rings (SSSR count). The molecule has 8 heteroatoms. The predicted octanol–water partition coefficient (Wildman–Crippen LogP) is 2.73. The second-order valence-corrected chi connectivity index (χ2v) is 7.66. The van der Waals surface area contributed by atoms with Crippen molar-refractivity contribution in [3.05, 3.63) is 23.3 Å². The lowest BCUT2D eigenvalue weighted by Gasteiger charge is -2.37. The van der Waals surface area contributed by atoms with Crippen molar-refractivity contribution in [2.75, 3.05) is 23.7 Å². The molecular weight excluding hydrogens is 336 g/mol. The van der Waals surface area contributed by atoms with Gasteiger partial charge in [0.2, 0.25) is 0 Å². The van der Waals surface area contributed by atoms with Crippen molar-refractivity contribution in [1.29, 1.82) is 5.26 Å². The summed E-state index contributed by atoms with van der Waals surface area (Å²) in [6, 6.07) is 4.90. The van der Waals surface area contributed by atoms with Crippen molar-refractivity contribution in [2.45, 2.75) is 44.8 Å². The minimum Gasteiger partial charge on any atom is -0.465 e. The van der Waals surface area contributed by atoms with Gasteiger partial charge in [-0.05, 0) is 44.9 Å². The molecule has 2 aliphatic rings. The van der Waals surface area contributed by atoms with Gasteiger partial charge in [-0.15, -0.1) is 0 Å². The molecule has 2 atom stereocenters. The average molecular weight is 358 g/mol. The lowest BCUT2D eigenvalue weighted by Crippen LogP contribution is -2.50. The van der Waals surface area contributed by atoms with Gasteiger partial charge in [0.1, 0.15) is 11.7 Å². The molecule has 1 aromatic rings. The highest BCUT2D eigenvalue weighted by atomic mass is 16.6. The Balaban J connectivity index is 1.97. The Labute approximate surface area is 151 Å². The number of piperidine rings is 1. The highest BCUT2D eigenvalue weighted by molar-refractivity contribution is 5.93. The number of carbonyl (C=O) groups is 2. The minimum atomic E-state index is -1.11. The first-order valence-corrected chi connectivity index (χ1v) is 8.46. The number of anilines is 2. The second-order valence-electron chi connectivity index (χ2n) is 7.66. The van der Waals surface area contributed by atoms with Crippen LogP contribution in [-0.2, 0) is 4.74 Å². The molecule has 2 unspecified atom stereocenters. The van der Waals surface area contributed by atoms with Crippen LogP contribution in [0.5, 0.6) is 0 Å². The monoisotopic (exact) mass is 358 g/mol. The number of carboxylic acid groups (broad SMARTS) is 1. The number of carbonyl (C=O) groups excluding carboxylic acids is 1. The number of hydrogen-bond donors (Lipinski definition) is 2. The molecule has 0 bridgehead atoms. The van der Waals surface area contributed by atoms with Gasteiger partial charge in [-0.3, -0.25) is 4.90 Å².